The van der Waals surface area contributed by atoms with E-state index in [1.165, 1.54) is 17.4 Å². The average Bonchev–Trinajstić information content (AvgIpc) is 2.96. The molecule has 0 saturated heterocycles. The first kappa shape index (κ1) is 15.7. The summed E-state index contributed by atoms with van der Waals surface area (Å²) in [5, 5.41) is 12.2. The van der Waals surface area contributed by atoms with Gasteiger partial charge in [0.05, 0.1) is 0 Å². The Bertz CT molecular complexity index is 774. The van der Waals surface area contributed by atoms with Crippen LogP contribution < -0.4 is 4.72 Å². The molecular weight excluding hydrogens is 313 g/mol. The van der Waals surface area contributed by atoms with Gasteiger partial charge in [-0.2, -0.15) is 11.3 Å². The highest BCUT2D eigenvalue weighted by atomic mass is 32.2. The molecular formula is C14H12FNO3S2. The zero-order valence-corrected chi connectivity index (χ0v) is 12.5. The van der Waals surface area contributed by atoms with Gasteiger partial charge < -0.3 is 5.11 Å². The summed E-state index contributed by atoms with van der Waals surface area (Å²) in [6.45, 7) is -0.235. The fraction of sp³-hybridized carbons (Fsp3) is 0.143. The monoisotopic (exact) mass is 325 g/mol. The van der Waals surface area contributed by atoms with Crippen LogP contribution in [-0.4, -0.2) is 20.1 Å². The molecule has 21 heavy (non-hydrogen) atoms. The Labute approximate surface area is 126 Å². The quantitative estimate of drug-likeness (QED) is 0.841. The fourth-order valence-electron chi connectivity index (χ4n) is 1.59. The van der Waals surface area contributed by atoms with Crippen molar-refractivity contribution in [2.24, 2.45) is 0 Å². The topological polar surface area (TPSA) is 66.4 Å². The van der Waals surface area contributed by atoms with Crippen molar-refractivity contribution in [2.45, 2.75) is 11.4 Å². The molecule has 0 aliphatic heterocycles. The lowest BCUT2D eigenvalue weighted by Gasteiger charge is -2.07. The summed E-state index contributed by atoms with van der Waals surface area (Å²) in [6, 6.07) is 5.37. The van der Waals surface area contributed by atoms with Crippen molar-refractivity contribution in [3.05, 3.63) is 52.0 Å². The largest absolute Gasteiger partial charge is 0.384 e. The highest BCUT2D eigenvalue weighted by Crippen LogP contribution is 2.16. The van der Waals surface area contributed by atoms with E-state index in [9.17, 15) is 12.8 Å². The van der Waals surface area contributed by atoms with Gasteiger partial charge in [-0.05, 0) is 40.6 Å². The maximum atomic E-state index is 13.9. The molecule has 110 valence electrons. The second-order valence-corrected chi connectivity index (χ2v) is 6.58. The smallest absolute Gasteiger partial charge is 0.243 e. The van der Waals surface area contributed by atoms with Gasteiger partial charge in [0.2, 0.25) is 10.0 Å². The summed E-state index contributed by atoms with van der Waals surface area (Å²) in [5.74, 6) is 4.01. The summed E-state index contributed by atoms with van der Waals surface area (Å²) >= 11 is 1.45. The van der Waals surface area contributed by atoms with Crippen LogP contribution in [0, 0.1) is 17.7 Å². The molecule has 0 bridgehead atoms. The zero-order valence-electron chi connectivity index (χ0n) is 10.8. The molecule has 1 aromatic carbocycles. The first-order valence-electron chi connectivity index (χ1n) is 5.93. The molecule has 0 aliphatic carbocycles. The van der Waals surface area contributed by atoms with Crippen molar-refractivity contribution >= 4 is 21.4 Å². The number of thiophene rings is 1. The van der Waals surface area contributed by atoms with Crippen molar-refractivity contribution in [3.63, 3.8) is 0 Å². The van der Waals surface area contributed by atoms with Gasteiger partial charge >= 0.3 is 0 Å². The van der Waals surface area contributed by atoms with Crippen LogP contribution in [0.1, 0.15) is 11.1 Å². The summed E-state index contributed by atoms with van der Waals surface area (Å²) in [5.41, 5.74) is 1.12. The van der Waals surface area contributed by atoms with Crippen LogP contribution in [0.15, 0.2) is 39.9 Å². The number of aliphatic hydroxyl groups excluding tert-OH is 1. The zero-order chi connectivity index (χ0) is 15.3. The molecule has 0 saturated carbocycles. The minimum atomic E-state index is -3.92. The molecule has 1 heterocycles. The number of aliphatic hydroxyl groups is 1. The number of hydrogen-bond donors (Lipinski definition) is 2. The molecule has 4 nitrogen and oxygen atoms in total. The Morgan fingerprint density at radius 2 is 2.14 bits per heavy atom. The molecule has 0 fully saturated rings. The van der Waals surface area contributed by atoms with Crippen molar-refractivity contribution < 1.29 is 17.9 Å². The minimum absolute atomic E-state index is 0.108. The van der Waals surface area contributed by atoms with E-state index in [0.717, 1.165) is 17.7 Å². The van der Waals surface area contributed by atoms with Crippen molar-refractivity contribution in [1.82, 2.24) is 4.72 Å². The van der Waals surface area contributed by atoms with Crippen LogP contribution in [0.3, 0.4) is 0 Å². The second kappa shape index (κ2) is 6.83. The SMILES string of the molecule is O=S(=O)(NCc1ccsc1)c1ccc(C#CCO)cc1F. The van der Waals surface area contributed by atoms with Gasteiger partial charge in [0.25, 0.3) is 0 Å². The van der Waals surface area contributed by atoms with Gasteiger partial charge in [-0.15, -0.1) is 0 Å². The lowest BCUT2D eigenvalue weighted by molar-refractivity contribution is 0.350. The van der Waals surface area contributed by atoms with Gasteiger partial charge in [0.1, 0.15) is 17.3 Å². The summed E-state index contributed by atoms with van der Waals surface area (Å²) in [7, 11) is -3.92. The third-order valence-electron chi connectivity index (χ3n) is 2.58. The van der Waals surface area contributed by atoms with Crippen LogP contribution in [0.4, 0.5) is 4.39 Å². The third kappa shape index (κ3) is 4.12. The Morgan fingerprint density at radius 1 is 1.33 bits per heavy atom. The maximum Gasteiger partial charge on any atom is 0.243 e. The highest BCUT2D eigenvalue weighted by Gasteiger charge is 2.18. The number of hydrogen-bond acceptors (Lipinski definition) is 4. The van der Waals surface area contributed by atoms with Crippen LogP contribution >= 0.6 is 11.3 Å². The fourth-order valence-corrected chi connectivity index (χ4v) is 3.33. The first-order chi connectivity index (χ1) is 10.0. The molecule has 0 atom stereocenters. The highest BCUT2D eigenvalue weighted by molar-refractivity contribution is 7.89. The van der Waals surface area contributed by atoms with Gasteiger partial charge in [-0.25, -0.2) is 17.5 Å². The molecule has 2 aromatic rings. The van der Waals surface area contributed by atoms with Crippen LogP contribution in [0.2, 0.25) is 0 Å². The number of rotatable bonds is 4. The Kier molecular flexibility index (Phi) is 5.09. The second-order valence-electron chi connectivity index (χ2n) is 4.06. The van der Waals surface area contributed by atoms with Gasteiger partial charge in [0, 0.05) is 12.1 Å². The van der Waals surface area contributed by atoms with Crippen LogP contribution in [0.25, 0.3) is 0 Å². The molecule has 2 rings (SSSR count). The van der Waals surface area contributed by atoms with E-state index in [1.54, 1.807) is 6.07 Å². The third-order valence-corrected chi connectivity index (χ3v) is 4.75. The molecule has 7 heteroatoms. The van der Waals surface area contributed by atoms with Crippen molar-refractivity contribution in [1.29, 1.82) is 0 Å². The predicted octanol–water partition coefficient (Wildman–Crippen LogP) is 1.71. The van der Waals surface area contributed by atoms with E-state index >= 15 is 0 Å². The first-order valence-corrected chi connectivity index (χ1v) is 8.35. The van der Waals surface area contributed by atoms with Crippen molar-refractivity contribution in [2.75, 3.05) is 6.61 Å². The molecule has 0 aliphatic rings. The van der Waals surface area contributed by atoms with Gasteiger partial charge in [-0.1, -0.05) is 11.8 Å². The average molecular weight is 325 g/mol. The molecule has 0 amide bonds. The number of benzene rings is 1. The summed E-state index contributed by atoms with van der Waals surface area (Å²) < 4.78 is 40.3. The predicted molar refractivity (Wildman–Crippen MR) is 78.7 cm³/mol. The van der Waals surface area contributed by atoms with E-state index < -0.39 is 20.7 Å². The van der Waals surface area contributed by atoms with Gasteiger partial charge in [-0.3, -0.25) is 0 Å². The number of nitrogens with one attached hydrogen (secondary N) is 1. The lowest BCUT2D eigenvalue weighted by Crippen LogP contribution is -2.24. The van der Waals surface area contributed by atoms with Crippen LogP contribution in [-0.2, 0) is 16.6 Å². The van der Waals surface area contributed by atoms with E-state index in [2.05, 4.69) is 16.6 Å². The number of halogens is 1. The van der Waals surface area contributed by atoms with Gasteiger partial charge in [0.15, 0.2) is 0 Å². The van der Waals surface area contributed by atoms with E-state index in [0.29, 0.717) is 5.56 Å². The Morgan fingerprint density at radius 3 is 2.76 bits per heavy atom. The molecule has 0 spiro atoms. The molecule has 0 radical (unpaired) electrons. The summed E-state index contributed by atoms with van der Waals surface area (Å²) in [4.78, 5) is -0.424. The maximum absolute atomic E-state index is 13.9. The normalized spacial score (nSPS) is 11.0. The van der Waals surface area contributed by atoms with E-state index in [4.69, 9.17) is 5.11 Å². The Hall–Kier alpha value is -1.72. The lowest BCUT2D eigenvalue weighted by atomic mass is 10.2. The Balaban J connectivity index is 2.19. The molecule has 2 N–H and O–H groups in total. The minimum Gasteiger partial charge on any atom is -0.384 e. The standard InChI is InChI=1S/C14H12FNO3S2/c15-13-8-11(2-1-6-17)3-4-14(13)21(18,19)16-9-12-5-7-20-10-12/h3-5,7-8,10,16-17H,6,9H2. The van der Waals surface area contributed by atoms with Crippen molar-refractivity contribution in [3.8, 4) is 11.8 Å². The molecule has 1 aromatic heterocycles. The number of sulfonamides is 1. The summed E-state index contributed by atoms with van der Waals surface area (Å²) in [6.07, 6.45) is 0. The molecule has 0 unspecified atom stereocenters. The van der Waals surface area contributed by atoms with E-state index in [-0.39, 0.29) is 13.2 Å². The van der Waals surface area contributed by atoms with E-state index in [1.807, 2.05) is 10.8 Å². The van der Waals surface area contributed by atoms with Crippen LogP contribution in [0.5, 0.6) is 0 Å².